The van der Waals surface area contributed by atoms with Gasteiger partial charge in [-0.05, 0) is 51.2 Å². The fourth-order valence-electron chi connectivity index (χ4n) is 3.88. The molecule has 7 nitrogen and oxygen atoms in total. The third-order valence-electron chi connectivity index (χ3n) is 5.99. The second-order valence-electron chi connectivity index (χ2n) is 9.49. The van der Waals surface area contributed by atoms with Crippen LogP contribution in [0.3, 0.4) is 0 Å². The number of aromatic nitrogens is 4. The first-order chi connectivity index (χ1) is 17.5. The molecule has 0 spiro atoms. The van der Waals surface area contributed by atoms with E-state index in [2.05, 4.69) is 15.0 Å². The van der Waals surface area contributed by atoms with Crippen LogP contribution in [0.25, 0.3) is 17.1 Å². The topological polar surface area (TPSA) is 90.1 Å². The summed E-state index contributed by atoms with van der Waals surface area (Å²) in [5.74, 6) is -1.40. The van der Waals surface area contributed by atoms with Crippen molar-refractivity contribution < 1.29 is 18.6 Å². The highest BCUT2D eigenvalue weighted by molar-refractivity contribution is 7.10. The highest BCUT2D eigenvalue weighted by Gasteiger charge is 2.30. The summed E-state index contributed by atoms with van der Waals surface area (Å²) in [6.45, 7) is 4.86. The molecule has 1 saturated carbocycles. The van der Waals surface area contributed by atoms with Gasteiger partial charge >= 0.3 is 0 Å². The van der Waals surface area contributed by atoms with Gasteiger partial charge in [0.2, 0.25) is 0 Å². The van der Waals surface area contributed by atoms with E-state index in [1.54, 1.807) is 36.7 Å². The van der Waals surface area contributed by atoms with Crippen molar-refractivity contribution in [1.29, 1.82) is 0 Å². The SMILES string of the molecule is Cc1cnc(-c2csc(C(C)(C)O)n2)cc1-n1c(C2CC2)cc(OCc2ncc(F)cc2F)c(Cl)c1=O. The summed E-state index contributed by atoms with van der Waals surface area (Å²) < 4.78 is 34.4. The number of pyridine rings is 3. The molecule has 4 aromatic heterocycles. The lowest BCUT2D eigenvalue weighted by Crippen LogP contribution is -2.24. The average Bonchev–Trinajstić information content (AvgIpc) is 3.55. The highest BCUT2D eigenvalue weighted by Crippen LogP contribution is 2.43. The fraction of sp³-hybridized carbons (Fsp3) is 0.308. The monoisotopic (exact) mass is 544 g/mol. The van der Waals surface area contributed by atoms with E-state index in [0.29, 0.717) is 27.8 Å². The molecule has 192 valence electrons. The average molecular weight is 545 g/mol. The van der Waals surface area contributed by atoms with E-state index in [-0.39, 0.29) is 29.0 Å². The molecular weight excluding hydrogens is 522 g/mol. The van der Waals surface area contributed by atoms with Gasteiger partial charge in [-0.15, -0.1) is 11.3 Å². The van der Waals surface area contributed by atoms with Crippen LogP contribution < -0.4 is 10.3 Å². The first-order valence-corrected chi connectivity index (χ1v) is 12.8. The zero-order valence-corrected chi connectivity index (χ0v) is 21.8. The molecule has 0 atom stereocenters. The van der Waals surface area contributed by atoms with Crippen LogP contribution in [0, 0.1) is 18.6 Å². The normalized spacial score (nSPS) is 13.7. The minimum absolute atomic E-state index is 0.0991. The number of aliphatic hydroxyl groups is 1. The largest absolute Gasteiger partial charge is 0.485 e. The van der Waals surface area contributed by atoms with E-state index in [1.165, 1.54) is 11.3 Å². The Bertz CT molecular complexity index is 1560. The van der Waals surface area contributed by atoms with Crippen molar-refractivity contribution in [2.24, 2.45) is 0 Å². The van der Waals surface area contributed by atoms with Crippen molar-refractivity contribution in [1.82, 2.24) is 19.5 Å². The summed E-state index contributed by atoms with van der Waals surface area (Å²) >= 11 is 7.78. The van der Waals surface area contributed by atoms with Crippen LogP contribution in [0.4, 0.5) is 8.78 Å². The van der Waals surface area contributed by atoms with E-state index < -0.39 is 22.8 Å². The number of hydrogen-bond donors (Lipinski definition) is 1. The molecule has 1 N–H and O–H groups in total. The Balaban J connectivity index is 1.55. The van der Waals surface area contributed by atoms with Crippen molar-refractivity contribution in [2.75, 3.05) is 0 Å². The molecule has 4 heterocycles. The summed E-state index contributed by atoms with van der Waals surface area (Å²) in [6, 6.07) is 4.19. The van der Waals surface area contributed by atoms with Gasteiger partial charge in [0.05, 0.1) is 17.6 Å². The summed E-state index contributed by atoms with van der Waals surface area (Å²) in [5, 5.41) is 12.5. The second kappa shape index (κ2) is 9.59. The van der Waals surface area contributed by atoms with Gasteiger partial charge in [-0.2, -0.15) is 0 Å². The van der Waals surface area contributed by atoms with E-state index >= 15 is 0 Å². The molecular formula is C26H23ClF2N4O3S. The van der Waals surface area contributed by atoms with Crippen LogP contribution in [-0.2, 0) is 12.2 Å². The lowest BCUT2D eigenvalue weighted by atomic mass is 10.1. The van der Waals surface area contributed by atoms with Crippen LogP contribution in [0.2, 0.25) is 5.02 Å². The first kappa shape index (κ1) is 25.4. The number of ether oxygens (including phenoxy) is 1. The van der Waals surface area contributed by atoms with Crippen molar-refractivity contribution in [3.05, 3.63) is 84.9 Å². The number of hydrogen-bond acceptors (Lipinski definition) is 7. The summed E-state index contributed by atoms with van der Waals surface area (Å²) in [4.78, 5) is 26.3. The van der Waals surface area contributed by atoms with Gasteiger partial charge in [0.25, 0.3) is 5.56 Å². The molecule has 0 radical (unpaired) electrons. The number of thiazole rings is 1. The molecule has 0 bridgehead atoms. The highest BCUT2D eigenvalue weighted by atomic mass is 35.5. The molecule has 0 aromatic carbocycles. The number of nitrogens with zero attached hydrogens (tertiary/aromatic N) is 4. The van der Waals surface area contributed by atoms with Crippen molar-refractivity contribution >= 4 is 22.9 Å². The van der Waals surface area contributed by atoms with E-state index in [1.807, 2.05) is 12.3 Å². The van der Waals surface area contributed by atoms with Crippen LogP contribution in [0.15, 0.2) is 40.8 Å². The maximum Gasteiger partial charge on any atom is 0.277 e. The molecule has 11 heteroatoms. The predicted molar refractivity (Wildman–Crippen MR) is 136 cm³/mol. The zero-order chi connectivity index (χ0) is 26.5. The van der Waals surface area contributed by atoms with Crippen LogP contribution in [-0.4, -0.2) is 24.6 Å². The molecule has 1 aliphatic rings. The number of halogens is 3. The van der Waals surface area contributed by atoms with Crippen molar-refractivity contribution in [3.63, 3.8) is 0 Å². The zero-order valence-electron chi connectivity index (χ0n) is 20.3. The molecule has 5 rings (SSSR count). The van der Waals surface area contributed by atoms with Gasteiger partial charge in [-0.3, -0.25) is 19.3 Å². The smallest absolute Gasteiger partial charge is 0.277 e. The Hall–Kier alpha value is -3.21. The lowest BCUT2D eigenvalue weighted by molar-refractivity contribution is 0.0783. The van der Waals surface area contributed by atoms with Gasteiger partial charge in [0.1, 0.15) is 45.2 Å². The molecule has 1 fully saturated rings. The fourth-order valence-corrected chi connectivity index (χ4v) is 4.91. The molecule has 4 aromatic rings. The van der Waals surface area contributed by atoms with E-state index in [9.17, 15) is 18.7 Å². The van der Waals surface area contributed by atoms with Crippen LogP contribution >= 0.6 is 22.9 Å². The van der Waals surface area contributed by atoms with Crippen molar-refractivity contribution in [3.8, 4) is 22.8 Å². The Labute approximate surface area is 220 Å². The third-order valence-corrected chi connectivity index (χ3v) is 7.50. The minimum Gasteiger partial charge on any atom is -0.485 e. The Morgan fingerprint density at radius 3 is 2.59 bits per heavy atom. The summed E-state index contributed by atoms with van der Waals surface area (Å²) in [6.07, 6.45) is 4.35. The maximum atomic E-state index is 14.0. The van der Waals surface area contributed by atoms with E-state index in [0.717, 1.165) is 30.7 Å². The second-order valence-corrected chi connectivity index (χ2v) is 10.7. The lowest BCUT2D eigenvalue weighted by Gasteiger charge is -2.18. The summed E-state index contributed by atoms with van der Waals surface area (Å²) in [5.41, 5.74) is 1.55. The number of rotatable bonds is 7. The van der Waals surface area contributed by atoms with Gasteiger partial charge < -0.3 is 9.84 Å². The molecule has 0 saturated heterocycles. The Morgan fingerprint density at radius 1 is 1.19 bits per heavy atom. The molecule has 1 aliphatic carbocycles. The Kier molecular flexibility index (Phi) is 6.59. The van der Waals surface area contributed by atoms with Crippen LogP contribution in [0.1, 0.15) is 54.6 Å². The molecule has 0 amide bonds. The maximum absolute atomic E-state index is 14.0. The minimum atomic E-state index is -1.08. The Morgan fingerprint density at radius 2 is 1.95 bits per heavy atom. The van der Waals surface area contributed by atoms with Crippen molar-refractivity contribution in [2.45, 2.75) is 51.7 Å². The quantitative estimate of drug-likeness (QED) is 0.322. The molecule has 0 unspecified atom stereocenters. The van der Waals surface area contributed by atoms with Gasteiger partial charge in [-0.1, -0.05) is 11.6 Å². The standard InChI is InChI=1S/C26H23ClF2N4O3S/c1-13-9-30-17(19-12-37-25(32-19)26(2,3)35)7-20(13)33-21(14-4-5-14)8-22(23(27)24(33)34)36-11-18-16(29)6-15(28)10-31-18/h6-10,12,14,35H,4-5,11H2,1-3H3. The van der Waals surface area contributed by atoms with E-state index in [4.69, 9.17) is 16.3 Å². The van der Waals surface area contributed by atoms with Crippen LogP contribution in [0.5, 0.6) is 5.75 Å². The summed E-state index contributed by atoms with van der Waals surface area (Å²) in [7, 11) is 0. The number of aryl methyl sites for hydroxylation is 1. The van der Waals surface area contributed by atoms with Gasteiger partial charge in [0, 0.05) is 29.4 Å². The molecule has 37 heavy (non-hydrogen) atoms. The van der Waals surface area contributed by atoms with Gasteiger partial charge in [0.15, 0.2) is 5.82 Å². The molecule has 0 aliphatic heterocycles. The van der Waals surface area contributed by atoms with Gasteiger partial charge in [-0.25, -0.2) is 13.8 Å². The first-order valence-electron chi connectivity index (χ1n) is 11.6. The third kappa shape index (κ3) is 5.14. The predicted octanol–water partition coefficient (Wildman–Crippen LogP) is 5.67.